The normalized spacial score (nSPS) is 9.25. The molecule has 0 aliphatic rings. The average molecular weight is 228 g/mol. The molecule has 0 aromatic carbocycles. The molecular formula is C9H16N4O3. The van der Waals surface area contributed by atoms with E-state index in [4.69, 9.17) is 16.1 Å². The Morgan fingerprint density at radius 2 is 2.06 bits per heavy atom. The standard InChI is InChI=1S/C9H16N4O3/c10-4-2-1-3-7-13(9(15)16)8(14)12-6-5-11/h1-4,6-7,10H2,(H,12,14)(H,15,16). The molecule has 7 heteroatoms. The fourth-order valence-electron chi connectivity index (χ4n) is 1.09. The van der Waals surface area contributed by atoms with E-state index < -0.39 is 12.1 Å². The van der Waals surface area contributed by atoms with Gasteiger partial charge >= 0.3 is 12.1 Å². The van der Waals surface area contributed by atoms with E-state index in [1.165, 1.54) is 0 Å². The monoisotopic (exact) mass is 228 g/mol. The fraction of sp³-hybridized carbons (Fsp3) is 0.667. The van der Waals surface area contributed by atoms with Crippen LogP contribution in [-0.4, -0.2) is 41.8 Å². The largest absolute Gasteiger partial charge is 0.465 e. The smallest absolute Gasteiger partial charge is 0.415 e. The summed E-state index contributed by atoms with van der Waals surface area (Å²) >= 11 is 0. The van der Waals surface area contributed by atoms with E-state index in [0.717, 1.165) is 12.8 Å². The zero-order valence-electron chi connectivity index (χ0n) is 8.98. The number of nitrogens with zero attached hydrogens (tertiary/aromatic N) is 2. The quantitative estimate of drug-likeness (QED) is 0.447. The Hall–Kier alpha value is -1.81. The minimum Gasteiger partial charge on any atom is -0.465 e. The molecule has 0 unspecified atom stereocenters. The van der Waals surface area contributed by atoms with Crippen LogP contribution in [0.2, 0.25) is 0 Å². The molecule has 0 aliphatic carbocycles. The number of nitrogens with one attached hydrogen (secondary N) is 1. The van der Waals surface area contributed by atoms with Crippen molar-refractivity contribution in [2.75, 3.05) is 19.6 Å². The summed E-state index contributed by atoms with van der Waals surface area (Å²) < 4.78 is 0. The van der Waals surface area contributed by atoms with Crippen molar-refractivity contribution >= 4 is 12.1 Å². The van der Waals surface area contributed by atoms with Gasteiger partial charge in [0.2, 0.25) is 0 Å². The summed E-state index contributed by atoms with van der Waals surface area (Å²) in [4.78, 5) is 22.7. The van der Waals surface area contributed by atoms with Crippen LogP contribution in [-0.2, 0) is 0 Å². The lowest BCUT2D eigenvalue weighted by Crippen LogP contribution is -2.43. The van der Waals surface area contributed by atoms with E-state index in [2.05, 4.69) is 5.32 Å². The number of carbonyl (C=O) groups excluding carboxylic acids is 1. The van der Waals surface area contributed by atoms with Crippen molar-refractivity contribution in [3.05, 3.63) is 0 Å². The number of hydrogen-bond acceptors (Lipinski definition) is 4. The number of rotatable bonds is 6. The Kier molecular flexibility index (Phi) is 7.53. The number of carboxylic acid groups (broad SMARTS) is 1. The van der Waals surface area contributed by atoms with Gasteiger partial charge in [0.05, 0.1) is 6.07 Å². The van der Waals surface area contributed by atoms with Crippen molar-refractivity contribution in [2.45, 2.75) is 19.3 Å². The van der Waals surface area contributed by atoms with Crippen molar-refractivity contribution in [1.29, 1.82) is 5.26 Å². The number of imide groups is 1. The summed E-state index contributed by atoms with van der Waals surface area (Å²) in [6, 6.07) is 0.939. The van der Waals surface area contributed by atoms with Crippen LogP contribution in [0.4, 0.5) is 9.59 Å². The molecule has 7 nitrogen and oxygen atoms in total. The third-order valence-electron chi connectivity index (χ3n) is 1.88. The Bertz CT molecular complexity index is 274. The summed E-state index contributed by atoms with van der Waals surface area (Å²) in [7, 11) is 0. The molecule has 3 amide bonds. The van der Waals surface area contributed by atoms with Gasteiger partial charge in [0.1, 0.15) is 6.54 Å². The highest BCUT2D eigenvalue weighted by Gasteiger charge is 2.19. The molecule has 4 N–H and O–H groups in total. The Morgan fingerprint density at radius 1 is 1.38 bits per heavy atom. The predicted molar refractivity (Wildman–Crippen MR) is 56.6 cm³/mol. The van der Waals surface area contributed by atoms with Crippen molar-refractivity contribution in [2.24, 2.45) is 5.73 Å². The molecule has 0 rings (SSSR count). The minimum absolute atomic E-state index is 0.118. The van der Waals surface area contributed by atoms with E-state index in [1.807, 2.05) is 0 Å². The van der Waals surface area contributed by atoms with Crippen molar-refractivity contribution in [3.8, 4) is 6.07 Å². The molecule has 0 bridgehead atoms. The maximum absolute atomic E-state index is 11.3. The van der Waals surface area contributed by atoms with Gasteiger partial charge in [0, 0.05) is 6.54 Å². The second kappa shape index (κ2) is 8.49. The van der Waals surface area contributed by atoms with E-state index in [0.29, 0.717) is 17.9 Å². The second-order valence-electron chi connectivity index (χ2n) is 3.10. The third kappa shape index (κ3) is 5.82. The molecule has 0 aromatic heterocycles. The maximum Gasteiger partial charge on any atom is 0.415 e. The van der Waals surface area contributed by atoms with Crippen LogP contribution < -0.4 is 11.1 Å². The molecule has 16 heavy (non-hydrogen) atoms. The number of urea groups is 1. The van der Waals surface area contributed by atoms with Gasteiger partial charge in [0.25, 0.3) is 0 Å². The van der Waals surface area contributed by atoms with Crippen molar-refractivity contribution < 1.29 is 14.7 Å². The van der Waals surface area contributed by atoms with Gasteiger partial charge in [-0.05, 0) is 19.4 Å². The molecular weight excluding hydrogens is 212 g/mol. The molecule has 0 aliphatic heterocycles. The zero-order chi connectivity index (χ0) is 12.4. The molecule has 0 aromatic rings. The number of hydrogen-bond donors (Lipinski definition) is 3. The molecule has 0 atom stereocenters. The third-order valence-corrected chi connectivity index (χ3v) is 1.88. The summed E-state index contributed by atoms with van der Waals surface area (Å²) in [6.45, 7) is 0.464. The molecule has 0 saturated carbocycles. The Balaban J connectivity index is 4.02. The topological polar surface area (TPSA) is 119 Å². The number of carbonyl (C=O) groups is 2. The summed E-state index contributed by atoms with van der Waals surface area (Å²) in [6.07, 6.45) is 0.825. The average Bonchev–Trinajstić information content (AvgIpc) is 2.25. The zero-order valence-corrected chi connectivity index (χ0v) is 8.98. The van der Waals surface area contributed by atoms with Gasteiger partial charge < -0.3 is 16.2 Å². The second-order valence-corrected chi connectivity index (χ2v) is 3.10. The van der Waals surface area contributed by atoms with E-state index >= 15 is 0 Å². The first kappa shape index (κ1) is 14.2. The van der Waals surface area contributed by atoms with Gasteiger partial charge in [-0.3, -0.25) is 0 Å². The van der Waals surface area contributed by atoms with Gasteiger partial charge in [-0.15, -0.1) is 0 Å². The lowest BCUT2D eigenvalue weighted by molar-refractivity contribution is 0.147. The molecule has 0 heterocycles. The van der Waals surface area contributed by atoms with Crippen LogP contribution in [0.15, 0.2) is 0 Å². The predicted octanol–water partition coefficient (Wildman–Crippen LogP) is 0.329. The van der Waals surface area contributed by atoms with Crippen molar-refractivity contribution in [3.63, 3.8) is 0 Å². The highest BCUT2D eigenvalue weighted by Crippen LogP contribution is 1.99. The van der Waals surface area contributed by atoms with Crippen LogP contribution in [0.1, 0.15) is 19.3 Å². The van der Waals surface area contributed by atoms with Crippen molar-refractivity contribution in [1.82, 2.24) is 10.2 Å². The Morgan fingerprint density at radius 3 is 2.56 bits per heavy atom. The fourth-order valence-corrected chi connectivity index (χ4v) is 1.09. The van der Waals surface area contributed by atoms with Crippen LogP contribution >= 0.6 is 0 Å². The van der Waals surface area contributed by atoms with Crippen LogP contribution in [0.25, 0.3) is 0 Å². The summed E-state index contributed by atoms with van der Waals surface area (Å²) in [5, 5.41) is 19.2. The minimum atomic E-state index is -1.32. The molecule has 0 saturated heterocycles. The van der Waals surface area contributed by atoms with E-state index in [-0.39, 0.29) is 13.1 Å². The molecule has 90 valence electrons. The highest BCUT2D eigenvalue weighted by molar-refractivity contribution is 5.90. The van der Waals surface area contributed by atoms with Crippen LogP contribution in [0.5, 0.6) is 0 Å². The number of amides is 3. The number of nitriles is 1. The van der Waals surface area contributed by atoms with Gasteiger partial charge in [0.15, 0.2) is 0 Å². The number of nitrogens with two attached hydrogens (primary N) is 1. The SMILES string of the molecule is N#CCNC(=O)N(CCCCCN)C(=O)O. The molecule has 0 spiro atoms. The lowest BCUT2D eigenvalue weighted by Gasteiger charge is -2.16. The summed E-state index contributed by atoms with van der Waals surface area (Å²) in [5.74, 6) is 0. The van der Waals surface area contributed by atoms with Crippen LogP contribution in [0.3, 0.4) is 0 Å². The summed E-state index contributed by atoms with van der Waals surface area (Å²) in [5.41, 5.74) is 5.29. The first-order valence-corrected chi connectivity index (χ1v) is 4.98. The van der Waals surface area contributed by atoms with Gasteiger partial charge in [-0.25, -0.2) is 14.5 Å². The first-order valence-electron chi connectivity index (χ1n) is 4.98. The van der Waals surface area contributed by atoms with Gasteiger partial charge in [-0.1, -0.05) is 6.42 Å². The Labute approximate surface area is 93.8 Å². The number of unbranched alkanes of at least 4 members (excludes halogenated alkanes) is 2. The molecule has 0 radical (unpaired) electrons. The van der Waals surface area contributed by atoms with E-state index in [9.17, 15) is 9.59 Å². The first-order chi connectivity index (χ1) is 7.63. The van der Waals surface area contributed by atoms with Gasteiger partial charge in [-0.2, -0.15) is 5.26 Å². The maximum atomic E-state index is 11.3. The van der Waals surface area contributed by atoms with E-state index in [1.54, 1.807) is 6.07 Å². The van der Waals surface area contributed by atoms with Crippen LogP contribution in [0, 0.1) is 11.3 Å². The molecule has 0 fully saturated rings. The lowest BCUT2D eigenvalue weighted by atomic mass is 10.2. The highest BCUT2D eigenvalue weighted by atomic mass is 16.4.